The van der Waals surface area contributed by atoms with Gasteiger partial charge in [-0.05, 0) is 5.92 Å². The lowest BCUT2D eigenvalue weighted by atomic mass is 10.1. The Kier molecular flexibility index (Phi) is 1.73. The number of thioether (sulfide) groups is 1. The van der Waals surface area contributed by atoms with Gasteiger partial charge in [0.15, 0.2) is 5.12 Å². The van der Waals surface area contributed by atoms with Crippen LogP contribution in [0.25, 0.3) is 0 Å². The summed E-state index contributed by atoms with van der Waals surface area (Å²) in [5.41, 5.74) is 0. The van der Waals surface area contributed by atoms with Crippen molar-refractivity contribution in [1.82, 2.24) is 0 Å². The van der Waals surface area contributed by atoms with Gasteiger partial charge in [0.1, 0.15) is 0 Å². The number of rotatable bonds is 1. The van der Waals surface area contributed by atoms with Crippen molar-refractivity contribution in [2.75, 3.05) is 5.75 Å². The van der Waals surface area contributed by atoms with Gasteiger partial charge in [-0.2, -0.15) is 0 Å². The predicted molar refractivity (Wildman–Crippen MR) is 35.8 cm³/mol. The molecule has 0 N–H and O–H groups in total. The van der Waals surface area contributed by atoms with E-state index in [1.54, 1.807) is 0 Å². The topological polar surface area (TPSA) is 17.1 Å². The first-order valence-electron chi connectivity index (χ1n) is 2.61. The van der Waals surface area contributed by atoms with Crippen LogP contribution in [0.15, 0.2) is 12.7 Å². The van der Waals surface area contributed by atoms with Crippen LogP contribution in [0.3, 0.4) is 0 Å². The second-order valence-electron chi connectivity index (χ2n) is 1.88. The molecule has 0 radical (unpaired) electrons. The largest absolute Gasteiger partial charge is 0.287 e. The highest BCUT2D eigenvalue weighted by atomic mass is 32.2. The fourth-order valence-electron chi connectivity index (χ4n) is 0.683. The number of hydrogen-bond acceptors (Lipinski definition) is 2. The molecule has 1 aliphatic rings. The molecule has 1 aliphatic heterocycles. The van der Waals surface area contributed by atoms with Crippen LogP contribution in [-0.4, -0.2) is 10.9 Å². The van der Waals surface area contributed by atoms with E-state index in [1.807, 2.05) is 6.08 Å². The van der Waals surface area contributed by atoms with E-state index >= 15 is 0 Å². The minimum Gasteiger partial charge on any atom is -0.287 e. The van der Waals surface area contributed by atoms with Gasteiger partial charge in [-0.3, -0.25) is 4.79 Å². The molecule has 0 bridgehead atoms. The van der Waals surface area contributed by atoms with Crippen molar-refractivity contribution in [2.45, 2.75) is 6.42 Å². The molecule has 0 saturated carbocycles. The molecule has 0 spiro atoms. The molecule has 1 saturated heterocycles. The van der Waals surface area contributed by atoms with E-state index in [9.17, 15) is 4.79 Å². The zero-order valence-corrected chi connectivity index (χ0v) is 5.41. The smallest absolute Gasteiger partial charge is 0.189 e. The van der Waals surface area contributed by atoms with Gasteiger partial charge in [0, 0.05) is 12.2 Å². The normalized spacial score (nSPS) is 28.5. The molecule has 1 fully saturated rings. The Balaban J connectivity index is 2.43. The Morgan fingerprint density at radius 1 is 1.88 bits per heavy atom. The van der Waals surface area contributed by atoms with Crippen molar-refractivity contribution in [1.29, 1.82) is 0 Å². The van der Waals surface area contributed by atoms with Crippen LogP contribution in [0.2, 0.25) is 0 Å². The molecule has 1 unspecified atom stereocenters. The average Bonchev–Trinajstić information content (AvgIpc) is 2.14. The summed E-state index contributed by atoms with van der Waals surface area (Å²) in [4.78, 5) is 10.5. The van der Waals surface area contributed by atoms with Crippen molar-refractivity contribution in [3.8, 4) is 0 Å². The maximum Gasteiger partial charge on any atom is 0.189 e. The lowest BCUT2D eigenvalue weighted by molar-refractivity contribution is -0.110. The summed E-state index contributed by atoms with van der Waals surface area (Å²) in [6.45, 7) is 3.61. The van der Waals surface area contributed by atoms with Crippen LogP contribution in [0.4, 0.5) is 0 Å². The molecule has 1 heterocycles. The van der Waals surface area contributed by atoms with Gasteiger partial charge >= 0.3 is 0 Å². The van der Waals surface area contributed by atoms with Crippen molar-refractivity contribution in [3.05, 3.63) is 12.7 Å². The SMILES string of the molecule is C=CC1CSC(=O)C1. The molecule has 1 nitrogen and oxygen atoms in total. The molecule has 8 heavy (non-hydrogen) atoms. The van der Waals surface area contributed by atoms with Gasteiger partial charge in [-0.25, -0.2) is 0 Å². The van der Waals surface area contributed by atoms with Crippen molar-refractivity contribution >= 4 is 16.9 Å². The van der Waals surface area contributed by atoms with Crippen LogP contribution >= 0.6 is 11.8 Å². The summed E-state index contributed by atoms with van der Waals surface area (Å²) in [6.07, 6.45) is 2.56. The van der Waals surface area contributed by atoms with Crippen molar-refractivity contribution in [2.24, 2.45) is 5.92 Å². The highest BCUT2D eigenvalue weighted by molar-refractivity contribution is 8.14. The van der Waals surface area contributed by atoms with Crippen LogP contribution in [0, 0.1) is 5.92 Å². The highest BCUT2D eigenvalue weighted by Gasteiger charge is 2.19. The summed E-state index contributed by atoms with van der Waals surface area (Å²) in [5, 5.41) is 0.315. The molecule has 0 amide bonds. The Morgan fingerprint density at radius 3 is 2.88 bits per heavy atom. The Hall–Kier alpha value is -0.240. The first kappa shape index (κ1) is 5.89. The van der Waals surface area contributed by atoms with E-state index < -0.39 is 0 Å². The molecule has 0 aromatic heterocycles. The maximum absolute atomic E-state index is 10.5. The van der Waals surface area contributed by atoms with E-state index in [2.05, 4.69) is 6.58 Å². The van der Waals surface area contributed by atoms with Gasteiger partial charge in [0.2, 0.25) is 0 Å². The molecule has 0 aliphatic carbocycles. The molecule has 0 aromatic rings. The molecule has 2 heteroatoms. The predicted octanol–water partition coefficient (Wildman–Crippen LogP) is 1.45. The average molecular weight is 128 g/mol. The molecule has 44 valence electrons. The first-order valence-corrected chi connectivity index (χ1v) is 3.59. The zero-order valence-electron chi connectivity index (χ0n) is 4.59. The Morgan fingerprint density at radius 2 is 2.62 bits per heavy atom. The number of carbonyl (C=O) groups is 1. The van der Waals surface area contributed by atoms with E-state index in [1.165, 1.54) is 11.8 Å². The fraction of sp³-hybridized carbons (Fsp3) is 0.500. The second-order valence-corrected chi connectivity index (χ2v) is 2.96. The van der Waals surface area contributed by atoms with Crippen LogP contribution in [0.5, 0.6) is 0 Å². The summed E-state index contributed by atoms with van der Waals surface area (Å²) >= 11 is 1.42. The third kappa shape index (κ3) is 1.13. The minimum atomic E-state index is 0.315. The summed E-state index contributed by atoms with van der Waals surface area (Å²) in [7, 11) is 0. The maximum atomic E-state index is 10.5. The number of hydrogen-bond donors (Lipinski definition) is 0. The van der Waals surface area contributed by atoms with Gasteiger partial charge in [0.05, 0.1) is 0 Å². The monoisotopic (exact) mass is 128 g/mol. The summed E-state index contributed by atoms with van der Waals surface area (Å²) in [5.74, 6) is 1.40. The third-order valence-electron chi connectivity index (χ3n) is 1.22. The number of carbonyl (C=O) groups excluding carboxylic acids is 1. The van der Waals surface area contributed by atoms with E-state index in [-0.39, 0.29) is 0 Å². The first-order chi connectivity index (χ1) is 3.83. The van der Waals surface area contributed by atoms with Crippen molar-refractivity contribution < 1.29 is 4.79 Å². The van der Waals surface area contributed by atoms with Gasteiger partial charge < -0.3 is 0 Å². The zero-order chi connectivity index (χ0) is 5.98. The van der Waals surface area contributed by atoms with Gasteiger partial charge in [-0.15, -0.1) is 6.58 Å². The summed E-state index contributed by atoms with van der Waals surface area (Å²) in [6, 6.07) is 0. The summed E-state index contributed by atoms with van der Waals surface area (Å²) < 4.78 is 0. The Bertz CT molecular complexity index is 120. The molecule has 1 rings (SSSR count). The van der Waals surface area contributed by atoms with Crippen LogP contribution < -0.4 is 0 Å². The van der Waals surface area contributed by atoms with E-state index in [4.69, 9.17) is 0 Å². The van der Waals surface area contributed by atoms with Crippen LogP contribution in [-0.2, 0) is 4.79 Å². The lowest BCUT2D eigenvalue weighted by Crippen LogP contribution is -1.90. The second kappa shape index (κ2) is 2.35. The molecule has 1 atom stereocenters. The van der Waals surface area contributed by atoms with Gasteiger partial charge in [0.25, 0.3) is 0 Å². The lowest BCUT2D eigenvalue weighted by Gasteiger charge is -1.92. The number of allylic oxidation sites excluding steroid dienone is 1. The standard InChI is InChI=1S/C6H8OS/c1-2-5-3-6(7)8-4-5/h2,5H,1,3-4H2. The molecule has 0 aromatic carbocycles. The minimum absolute atomic E-state index is 0.315. The van der Waals surface area contributed by atoms with Crippen molar-refractivity contribution in [3.63, 3.8) is 0 Å². The fourth-order valence-corrected chi connectivity index (χ4v) is 1.67. The van der Waals surface area contributed by atoms with Crippen LogP contribution in [0.1, 0.15) is 6.42 Å². The van der Waals surface area contributed by atoms with E-state index in [0.717, 1.165) is 5.75 Å². The highest BCUT2D eigenvalue weighted by Crippen LogP contribution is 2.25. The molecular weight excluding hydrogens is 120 g/mol. The van der Waals surface area contributed by atoms with Gasteiger partial charge in [-0.1, -0.05) is 17.8 Å². The Labute approximate surface area is 53.2 Å². The quantitative estimate of drug-likeness (QED) is 0.497. The van der Waals surface area contributed by atoms with E-state index in [0.29, 0.717) is 17.5 Å². The third-order valence-corrected chi connectivity index (χ3v) is 2.30. The molecular formula is C6H8OS.